The van der Waals surface area contributed by atoms with Crippen molar-refractivity contribution >= 4 is 5.82 Å². The number of ether oxygens (including phenoxy) is 1. The summed E-state index contributed by atoms with van der Waals surface area (Å²) in [6, 6.07) is 0.796. The van der Waals surface area contributed by atoms with E-state index in [0.717, 1.165) is 18.9 Å². The first-order valence-electron chi connectivity index (χ1n) is 6.31. The van der Waals surface area contributed by atoms with Gasteiger partial charge in [0.15, 0.2) is 17.5 Å². The Balaban J connectivity index is 2.72. The summed E-state index contributed by atoms with van der Waals surface area (Å²) >= 11 is 0. The number of rotatable bonds is 7. The van der Waals surface area contributed by atoms with E-state index >= 15 is 0 Å². The van der Waals surface area contributed by atoms with Crippen molar-refractivity contribution in [1.82, 2.24) is 4.98 Å². The van der Waals surface area contributed by atoms with Crippen molar-refractivity contribution in [2.75, 3.05) is 18.5 Å². The maximum absolute atomic E-state index is 13.5. The van der Waals surface area contributed by atoms with Gasteiger partial charge in [0.1, 0.15) is 0 Å². The van der Waals surface area contributed by atoms with Crippen LogP contribution in [0.25, 0.3) is 0 Å². The Kier molecular flexibility index (Phi) is 5.82. The average Bonchev–Trinajstić information content (AvgIpc) is 2.31. The third-order valence-electron chi connectivity index (χ3n) is 2.53. The highest BCUT2D eigenvalue weighted by atomic mass is 19.1. The maximum Gasteiger partial charge on any atom is 0.252 e. The van der Waals surface area contributed by atoms with E-state index in [4.69, 9.17) is 4.74 Å². The SMILES string of the molecule is CCCC(C)COc1nc(NCC)c(F)cc1F. The van der Waals surface area contributed by atoms with Gasteiger partial charge < -0.3 is 10.1 Å². The van der Waals surface area contributed by atoms with E-state index in [0.29, 0.717) is 19.1 Å². The summed E-state index contributed by atoms with van der Waals surface area (Å²) in [6.07, 6.45) is 2.05. The summed E-state index contributed by atoms with van der Waals surface area (Å²) in [5, 5.41) is 2.72. The fraction of sp³-hybridized carbons (Fsp3) is 0.615. The van der Waals surface area contributed by atoms with Crippen molar-refractivity contribution in [2.45, 2.75) is 33.6 Å². The van der Waals surface area contributed by atoms with E-state index in [9.17, 15) is 8.78 Å². The van der Waals surface area contributed by atoms with Crippen molar-refractivity contribution in [2.24, 2.45) is 5.92 Å². The van der Waals surface area contributed by atoms with Crippen LogP contribution in [0.1, 0.15) is 33.6 Å². The van der Waals surface area contributed by atoms with Crippen LogP contribution >= 0.6 is 0 Å². The minimum atomic E-state index is -0.766. The molecule has 18 heavy (non-hydrogen) atoms. The predicted molar refractivity (Wildman–Crippen MR) is 67.9 cm³/mol. The van der Waals surface area contributed by atoms with Gasteiger partial charge in [-0.3, -0.25) is 0 Å². The second-order valence-electron chi connectivity index (χ2n) is 4.34. The molecule has 0 saturated carbocycles. The topological polar surface area (TPSA) is 34.1 Å². The van der Waals surface area contributed by atoms with Crippen LogP contribution in [-0.4, -0.2) is 18.1 Å². The van der Waals surface area contributed by atoms with Crippen LogP contribution in [0.4, 0.5) is 14.6 Å². The highest BCUT2D eigenvalue weighted by Gasteiger charge is 2.13. The van der Waals surface area contributed by atoms with Gasteiger partial charge in [-0.25, -0.2) is 8.78 Å². The third-order valence-corrected chi connectivity index (χ3v) is 2.53. The van der Waals surface area contributed by atoms with Gasteiger partial charge in [0.2, 0.25) is 0 Å². The standard InChI is InChI=1S/C13H20F2N2O/c1-4-6-9(3)8-18-13-11(15)7-10(14)12(17-13)16-5-2/h7,9H,4-6,8H2,1-3H3,(H,16,17). The number of pyridine rings is 1. The Hall–Kier alpha value is -1.39. The quantitative estimate of drug-likeness (QED) is 0.811. The zero-order chi connectivity index (χ0) is 13.5. The molecule has 1 N–H and O–H groups in total. The molecule has 1 aromatic rings. The van der Waals surface area contributed by atoms with Crippen molar-refractivity contribution in [3.63, 3.8) is 0 Å². The van der Waals surface area contributed by atoms with Gasteiger partial charge in [-0.15, -0.1) is 0 Å². The Morgan fingerprint density at radius 1 is 1.33 bits per heavy atom. The van der Waals surface area contributed by atoms with Crippen molar-refractivity contribution in [3.05, 3.63) is 17.7 Å². The molecule has 0 radical (unpaired) electrons. The molecule has 1 unspecified atom stereocenters. The molecule has 5 heteroatoms. The van der Waals surface area contributed by atoms with E-state index in [2.05, 4.69) is 17.2 Å². The molecule has 3 nitrogen and oxygen atoms in total. The molecular formula is C13H20F2N2O. The lowest BCUT2D eigenvalue weighted by molar-refractivity contribution is 0.232. The second kappa shape index (κ2) is 7.13. The monoisotopic (exact) mass is 258 g/mol. The second-order valence-corrected chi connectivity index (χ2v) is 4.34. The Morgan fingerprint density at radius 2 is 2.06 bits per heavy atom. The molecule has 0 aliphatic carbocycles. The Labute approximate surface area is 107 Å². The maximum atomic E-state index is 13.5. The highest BCUT2D eigenvalue weighted by Crippen LogP contribution is 2.21. The van der Waals surface area contributed by atoms with Crippen molar-refractivity contribution < 1.29 is 13.5 Å². The van der Waals surface area contributed by atoms with E-state index in [1.54, 1.807) is 0 Å². The number of anilines is 1. The largest absolute Gasteiger partial charge is 0.475 e. The van der Waals surface area contributed by atoms with Gasteiger partial charge in [0.25, 0.3) is 5.88 Å². The molecule has 1 aromatic heterocycles. The van der Waals surface area contributed by atoms with Crippen LogP contribution in [0.5, 0.6) is 5.88 Å². The van der Waals surface area contributed by atoms with Gasteiger partial charge in [-0.1, -0.05) is 20.3 Å². The molecule has 1 atom stereocenters. The third kappa shape index (κ3) is 4.13. The zero-order valence-corrected chi connectivity index (χ0v) is 11.1. The van der Waals surface area contributed by atoms with E-state index in [1.165, 1.54) is 0 Å². The fourth-order valence-corrected chi connectivity index (χ4v) is 1.64. The highest BCUT2D eigenvalue weighted by molar-refractivity contribution is 5.39. The lowest BCUT2D eigenvalue weighted by Gasteiger charge is -2.13. The van der Waals surface area contributed by atoms with Crippen LogP contribution < -0.4 is 10.1 Å². The first kappa shape index (κ1) is 14.7. The summed E-state index contributed by atoms with van der Waals surface area (Å²) in [5.41, 5.74) is 0. The van der Waals surface area contributed by atoms with Crippen molar-refractivity contribution in [3.8, 4) is 5.88 Å². The molecule has 0 fully saturated rings. The number of nitrogens with zero attached hydrogens (tertiary/aromatic N) is 1. The van der Waals surface area contributed by atoms with Gasteiger partial charge in [0, 0.05) is 12.6 Å². The molecule has 0 amide bonds. The Morgan fingerprint density at radius 3 is 2.67 bits per heavy atom. The van der Waals surface area contributed by atoms with E-state index in [-0.39, 0.29) is 11.7 Å². The molecule has 0 aromatic carbocycles. The molecular weight excluding hydrogens is 238 g/mol. The van der Waals surface area contributed by atoms with E-state index in [1.807, 2.05) is 13.8 Å². The number of halogens is 2. The lowest BCUT2D eigenvalue weighted by Crippen LogP contribution is -2.12. The van der Waals surface area contributed by atoms with Crippen LogP contribution in [0.3, 0.4) is 0 Å². The minimum absolute atomic E-state index is 0.0250. The molecule has 0 aliphatic rings. The first-order chi connectivity index (χ1) is 8.58. The molecule has 1 heterocycles. The number of hydrogen-bond donors (Lipinski definition) is 1. The van der Waals surface area contributed by atoms with Gasteiger partial charge in [0.05, 0.1) is 6.61 Å². The summed E-state index contributed by atoms with van der Waals surface area (Å²) in [5.74, 6) is -1.27. The zero-order valence-electron chi connectivity index (χ0n) is 11.1. The van der Waals surface area contributed by atoms with Gasteiger partial charge in [-0.2, -0.15) is 4.98 Å². The fourth-order valence-electron chi connectivity index (χ4n) is 1.64. The van der Waals surface area contributed by atoms with Gasteiger partial charge in [-0.05, 0) is 19.3 Å². The van der Waals surface area contributed by atoms with Crippen LogP contribution in [-0.2, 0) is 0 Å². The smallest absolute Gasteiger partial charge is 0.252 e. The molecule has 102 valence electrons. The lowest BCUT2D eigenvalue weighted by atomic mass is 10.1. The average molecular weight is 258 g/mol. The summed E-state index contributed by atoms with van der Waals surface area (Å²) in [6.45, 7) is 6.82. The normalized spacial score (nSPS) is 12.3. The summed E-state index contributed by atoms with van der Waals surface area (Å²) < 4.78 is 32.1. The molecule has 0 aliphatic heterocycles. The van der Waals surface area contributed by atoms with Crippen LogP contribution in [0.15, 0.2) is 6.07 Å². The number of aromatic nitrogens is 1. The molecule has 0 bridgehead atoms. The molecule has 0 saturated heterocycles. The minimum Gasteiger partial charge on any atom is -0.475 e. The molecule has 1 rings (SSSR count). The first-order valence-corrected chi connectivity index (χ1v) is 6.31. The van der Waals surface area contributed by atoms with Crippen LogP contribution in [0, 0.1) is 17.6 Å². The number of hydrogen-bond acceptors (Lipinski definition) is 3. The predicted octanol–water partition coefficient (Wildman–Crippen LogP) is 3.61. The Bertz CT molecular complexity index is 385. The molecule has 0 spiro atoms. The van der Waals surface area contributed by atoms with E-state index < -0.39 is 11.6 Å². The number of nitrogens with one attached hydrogen (secondary N) is 1. The summed E-state index contributed by atoms with van der Waals surface area (Å²) in [4.78, 5) is 3.81. The summed E-state index contributed by atoms with van der Waals surface area (Å²) in [7, 11) is 0. The van der Waals surface area contributed by atoms with Gasteiger partial charge >= 0.3 is 0 Å². The van der Waals surface area contributed by atoms with Crippen LogP contribution in [0.2, 0.25) is 0 Å². The van der Waals surface area contributed by atoms with Crippen molar-refractivity contribution in [1.29, 1.82) is 0 Å².